The summed E-state index contributed by atoms with van der Waals surface area (Å²) in [5.41, 5.74) is 1.20. The number of likely N-dealkylation sites (tertiary alicyclic amines) is 1. The van der Waals surface area contributed by atoms with E-state index in [1.54, 1.807) is 12.3 Å². The molecule has 0 spiro atoms. The molecule has 0 bridgehead atoms. The van der Waals surface area contributed by atoms with Crippen molar-refractivity contribution in [1.82, 2.24) is 14.9 Å². The van der Waals surface area contributed by atoms with Crippen LogP contribution in [0, 0.1) is 18.3 Å². The second-order valence-electron chi connectivity index (χ2n) is 9.78. The van der Waals surface area contributed by atoms with Gasteiger partial charge >= 0.3 is 6.18 Å². The van der Waals surface area contributed by atoms with E-state index < -0.39 is 11.7 Å². The van der Waals surface area contributed by atoms with Crippen molar-refractivity contribution in [1.29, 1.82) is 0 Å². The summed E-state index contributed by atoms with van der Waals surface area (Å²) < 4.78 is 40.4. The van der Waals surface area contributed by atoms with Gasteiger partial charge in [-0.05, 0) is 67.9 Å². The summed E-state index contributed by atoms with van der Waals surface area (Å²) in [5.74, 6) is 4.12. The fraction of sp³-hybridized carbons (Fsp3) is 0.500. The first kappa shape index (κ1) is 26.6. The molecule has 2 fully saturated rings. The van der Waals surface area contributed by atoms with Crippen LogP contribution < -0.4 is 5.32 Å². The molecule has 1 aliphatic heterocycles. The first-order valence-electron chi connectivity index (χ1n) is 12.6. The molecule has 1 saturated heterocycles. The molecule has 0 radical (unpaired) electrons. The van der Waals surface area contributed by atoms with E-state index in [1.165, 1.54) is 36.7 Å². The Balaban J connectivity index is 1.71. The van der Waals surface area contributed by atoms with E-state index in [9.17, 15) is 13.2 Å². The zero-order chi connectivity index (χ0) is 25.7. The maximum Gasteiger partial charge on any atom is 0.416 e. The number of benzene rings is 1. The van der Waals surface area contributed by atoms with Gasteiger partial charge in [-0.15, -0.1) is 6.42 Å². The summed E-state index contributed by atoms with van der Waals surface area (Å²) in [6, 6.07) is 7.60. The standard InChI is InChI=1S/C28H33F3N4S/c1-4-25(35-16-13-19(2)14-17-35)36-26(20(3)21-8-7-9-22(18-21)28(29,30)31)24-12-15-32-27(34-24)33-23-10-5-6-11-23/h1,7-9,12,15,18-19,23,25H,5-6,10-11,13-14,16-17H2,2-3H3,(H,32,33,34)/b26-20+. The van der Waals surface area contributed by atoms with E-state index in [0.717, 1.165) is 49.7 Å². The number of piperidine rings is 1. The van der Waals surface area contributed by atoms with E-state index >= 15 is 0 Å². The summed E-state index contributed by atoms with van der Waals surface area (Å²) in [6.45, 7) is 5.89. The highest BCUT2D eigenvalue weighted by molar-refractivity contribution is 8.09. The lowest BCUT2D eigenvalue weighted by atomic mass is 9.99. The maximum atomic E-state index is 13.5. The molecule has 4 rings (SSSR count). The number of nitrogens with one attached hydrogen (secondary N) is 1. The number of alkyl halides is 3. The van der Waals surface area contributed by atoms with Crippen LogP contribution in [0.4, 0.5) is 19.1 Å². The van der Waals surface area contributed by atoms with Gasteiger partial charge in [0.1, 0.15) is 5.37 Å². The number of halogens is 3. The molecule has 192 valence electrons. The Morgan fingerprint density at radius 1 is 1.17 bits per heavy atom. The van der Waals surface area contributed by atoms with Crippen LogP contribution in [-0.4, -0.2) is 39.4 Å². The van der Waals surface area contributed by atoms with Crippen molar-refractivity contribution in [3.05, 3.63) is 53.3 Å². The highest BCUT2D eigenvalue weighted by atomic mass is 32.2. The number of rotatable bonds is 7. The molecule has 0 amide bonds. The molecule has 1 aromatic heterocycles. The van der Waals surface area contributed by atoms with Gasteiger partial charge in [-0.1, -0.05) is 49.6 Å². The lowest BCUT2D eigenvalue weighted by Gasteiger charge is -2.34. The predicted molar refractivity (Wildman–Crippen MR) is 142 cm³/mol. The van der Waals surface area contributed by atoms with Crippen LogP contribution in [0.25, 0.3) is 10.5 Å². The van der Waals surface area contributed by atoms with Gasteiger partial charge in [0.15, 0.2) is 0 Å². The maximum absolute atomic E-state index is 13.5. The lowest BCUT2D eigenvalue weighted by molar-refractivity contribution is -0.137. The van der Waals surface area contributed by atoms with Crippen molar-refractivity contribution < 1.29 is 13.2 Å². The normalized spacial score (nSPS) is 19.6. The van der Waals surface area contributed by atoms with Crippen molar-refractivity contribution in [2.45, 2.75) is 70.0 Å². The Morgan fingerprint density at radius 3 is 2.56 bits per heavy atom. The van der Waals surface area contributed by atoms with E-state index in [-0.39, 0.29) is 5.37 Å². The summed E-state index contributed by atoms with van der Waals surface area (Å²) in [7, 11) is 0. The Hall–Kier alpha value is -2.50. The van der Waals surface area contributed by atoms with E-state index in [4.69, 9.17) is 11.4 Å². The summed E-state index contributed by atoms with van der Waals surface area (Å²) in [5, 5.41) is 3.18. The van der Waals surface area contributed by atoms with E-state index in [2.05, 4.69) is 28.0 Å². The molecule has 1 saturated carbocycles. The van der Waals surface area contributed by atoms with Crippen molar-refractivity contribution in [2.24, 2.45) is 5.92 Å². The smallest absolute Gasteiger partial charge is 0.351 e. The van der Waals surface area contributed by atoms with Gasteiger partial charge in [0, 0.05) is 30.2 Å². The van der Waals surface area contributed by atoms with Crippen LogP contribution in [0.1, 0.15) is 69.2 Å². The highest BCUT2D eigenvalue weighted by Crippen LogP contribution is 2.40. The number of anilines is 1. The number of thioether (sulfide) groups is 1. The van der Waals surface area contributed by atoms with E-state index in [1.807, 2.05) is 13.0 Å². The predicted octanol–water partition coefficient (Wildman–Crippen LogP) is 7.16. The molecule has 4 nitrogen and oxygen atoms in total. The molecule has 1 unspecified atom stereocenters. The van der Waals surface area contributed by atoms with Crippen LogP contribution in [0.3, 0.4) is 0 Å². The Morgan fingerprint density at radius 2 is 1.89 bits per heavy atom. The fourth-order valence-electron chi connectivity index (χ4n) is 4.80. The molecule has 2 heterocycles. The monoisotopic (exact) mass is 514 g/mol. The van der Waals surface area contributed by atoms with Gasteiger partial charge in [-0.25, -0.2) is 9.97 Å². The Bertz CT molecular complexity index is 1110. The Kier molecular flexibility index (Phi) is 8.63. The average Bonchev–Trinajstić information content (AvgIpc) is 3.38. The number of hydrogen-bond donors (Lipinski definition) is 1. The molecular weight excluding hydrogens is 481 g/mol. The van der Waals surface area contributed by atoms with Crippen LogP contribution in [0.5, 0.6) is 0 Å². The quantitative estimate of drug-likeness (QED) is 0.397. The van der Waals surface area contributed by atoms with Crippen LogP contribution >= 0.6 is 11.8 Å². The third kappa shape index (κ3) is 6.63. The molecule has 2 aromatic rings. The minimum Gasteiger partial charge on any atom is -0.351 e. The third-order valence-corrected chi connectivity index (χ3v) is 8.47. The molecule has 36 heavy (non-hydrogen) atoms. The largest absolute Gasteiger partial charge is 0.416 e. The number of nitrogens with zero attached hydrogens (tertiary/aromatic N) is 3. The van der Waals surface area contributed by atoms with Gasteiger partial charge in [-0.3, -0.25) is 4.90 Å². The number of allylic oxidation sites excluding steroid dienone is 1. The van der Waals surface area contributed by atoms with Gasteiger partial charge in [-0.2, -0.15) is 13.2 Å². The SMILES string of the molecule is C#CC(S/C(=C(\C)c1cccc(C(F)(F)F)c1)c1ccnc(NC2CCCC2)n1)N1CCC(C)CC1. The minimum atomic E-state index is -4.41. The van der Waals surface area contributed by atoms with Crippen molar-refractivity contribution in [3.8, 4) is 12.3 Å². The topological polar surface area (TPSA) is 41.1 Å². The van der Waals surface area contributed by atoms with Gasteiger partial charge in [0.25, 0.3) is 0 Å². The molecule has 2 aliphatic rings. The molecule has 1 aliphatic carbocycles. The summed E-state index contributed by atoms with van der Waals surface area (Å²) >= 11 is 1.49. The highest BCUT2D eigenvalue weighted by Gasteiger charge is 2.31. The zero-order valence-corrected chi connectivity index (χ0v) is 21.6. The first-order chi connectivity index (χ1) is 17.2. The second-order valence-corrected chi connectivity index (χ2v) is 10.9. The molecule has 1 atom stereocenters. The lowest BCUT2D eigenvalue weighted by Crippen LogP contribution is -2.38. The molecule has 1 N–H and O–H groups in total. The number of aromatic nitrogens is 2. The van der Waals surface area contributed by atoms with Crippen molar-refractivity contribution in [3.63, 3.8) is 0 Å². The Labute approximate surface area is 216 Å². The van der Waals surface area contributed by atoms with Crippen LogP contribution in [0.15, 0.2) is 36.5 Å². The van der Waals surface area contributed by atoms with Gasteiger partial charge < -0.3 is 5.32 Å². The summed E-state index contributed by atoms with van der Waals surface area (Å²) in [4.78, 5) is 12.2. The third-order valence-electron chi connectivity index (χ3n) is 7.06. The van der Waals surface area contributed by atoms with Gasteiger partial charge in [0.05, 0.1) is 11.3 Å². The molecule has 1 aromatic carbocycles. The zero-order valence-electron chi connectivity index (χ0n) is 20.8. The second kappa shape index (κ2) is 11.7. The van der Waals surface area contributed by atoms with Crippen molar-refractivity contribution in [2.75, 3.05) is 18.4 Å². The molecule has 8 heteroatoms. The van der Waals surface area contributed by atoms with Gasteiger partial charge in [0.2, 0.25) is 5.95 Å². The minimum absolute atomic E-state index is 0.241. The number of hydrogen-bond acceptors (Lipinski definition) is 5. The van der Waals surface area contributed by atoms with E-state index in [0.29, 0.717) is 34.7 Å². The van der Waals surface area contributed by atoms with Crippen molar-refractivity contribution >= 4 is 28.2 Å². The van der Waals surface area contributed by atoms with Crippen LogP contribution in [0.2, 0.25) is 0 Å². The summed E-state index contributed by atoms with van der Waals surface area (Å²) in [6.07, 6.45) is 9.98. The first-order valence-corrected chi connectivity index (χ1v) is 13.5. The molecular formula is C28H33F3N4S. The average molecular weight is 515 g/mol. The fourth-order valence-corrected chi connectivity index (χ4v) is 5.98. The van der Waals surface area contributed by atoms with Crippen LogP contribution in [-0.2, 0) is 6.18 Å². The number of terminal acetylenes is 1.